The number of rotatable bonds is 3. The van der Waals surface area contributed by atoms with Gasteiger partial charge in [-0.2, -0.15) is 0 Å². The second kappa shape index (κ2) is 3.09. The predicted molar refractivity (Wildman–Crippen MR) is 52.6 cm³/mol. The zero-order valence-corrected chi connectivity index (χ0v) is 8.33. The summed E-state index contributed by atoms with van der Waals surface area (Å²) in [5.74, 6) is 0. The molecular formula is C11H16N2O. The van der Waals surface area contributed by atoms with Gasteiger partial charge in [-0.25, -0.2) is 4.98 Å². The lowest BCUT2D eigenvalue weighted by atomic mass is 9.54. The van der Waals surface area contributed by atoms with E-state index in [1.807, 2.05) is 0 Å². The first kappa shape index (κ1) is 8.48. The summed E-state index contributed by atoms with van der Waals surface area (Å²) < 4.78 is 4.92. The molecule has 3 nitrogen and oxygen atoms in total. The maximum Gasteiger partial charge on any atom is 0.180 e. The molecule has 0 aliphatic heterocycles. The Kier molecular flexibility index (Phi) is 1.87. The number of hydrogen-bond donors (Lipinski definition) is 1. The maximum atomic E-state index is 4.92. The summed E-state index contributed by atoms with van der Waals surface area (Å²) in [5, 5.41) is 3.52. The molecule has 0 unspecified atom stereocenters. The Morgan fingerprint density at radius 1 is 1.50 bits per heavy atom. The van der Waals surface area contributed by atoms with Gasteiger partial charge < -0.3 is 9.73 Å². The molecule has 3 heteroatoms. The van der Waals surface area contributed by atoms with E-state index in [4.69, 9.17) is 4.42 Å². The molecule has 0 bridgehead atoms. The van der Waals surface area contributed by atoms with Gasteiger partial charge >= 0.3 is 0 Å². The van der Waals surface area contributed by atoms with Crippen LogP contribution in [0.15, 0.2) is 17.1 Å². The second-order valence-electron chi connectivity index (χ2n) is 4.82. The molecule has 0 saturated heterocycles. The molecule has 1 heterocycles. The van der Waals surface area contributed by atoms with Crippen LogP contribution in [0.4, 0.5) is 0 Å². The van der Waals surface area contributed by atoms with Gasteiger partial charge in [0.2, 0.25) is 0 Å². The van der Waals surface area contributed by atoms with Gasteiger partial charge in [0.1, 0.15) is 6.26 Å². The summed E-state index contributed by atoms with van der Waals surface area (Å²) in [6, 6.07) is 0.729. The minimum absolute atomic E-state index is 0.729. The molecule has 76 valence electrons. The third kappa shape index (κ3) is 1.36. The van der Waals surface area contributed by atoms with Crippen molar-refractivity contribution in [3.63, 3.8) is 0 Å². The maximum absolute atomic E-state index is 4.92. The van der Waals surface area contributed by atoms with Gasteiger partial charge in [-0.15, -0.1) is 0 Å². The van der Waals surface area contributed by atoms with Crippen molar-refractivity contribution in [3.05, 3.63) is 18.4 Å². The Balaban J connectivity index is 1.43. The van der Waals surface area contributed by atoms with Gasteiger partial charge in [-0.1, -0.05) is 6.42 Å². The summed E-state index contributed by atoms with van der Waals surface area (Å²) >= 11 is 0. The van der Waals surface area contributed by atoms with E-state index in [0.717, 1.165) is 23.7 Å². The van der Waals surface area contributed by atoms with Crippen molar-refractivity contribution in [2.24, 2.45) is 5.41 Å². The van der Waals surface area contributed by atoms with Crippen molar-refractivity contribution >= 4 is 0 Å². The molecule has 14 heavy (non-hydrogen) atoms. The van der Waals surface area contributed by atoms with E-state index in [-0.39, 0.29) is 0 Å². The van der Waals surface area contributed by atoms with Crippen LogP contribution in [0.5, 0.6) is 0 Å². The van der Waals surface area contributed by atoms with E-state index in [9.17, 15) is 0 Å². The molecule has 0 atom stereocenters. The van der Waals surface area contributed by atoms with Crippen molar-refractivity contribution in [2.75, 3.05) is 0 Å². The first-order valence-electron chi connectivity index (χ1n) is 5.47. The SMILES string of the molecule is c1nc(CNC2CC3(CCC3)C2)co1. The largest absolute Gasteiger partial charge is 0.451 e. The highest BCUT2D eigenvalue weighted by Gasteiger charge is 2.47. The van der Waals surface area contributed by atoms with Gasteiger partial charge in [0.05, 0.1) is 5.69 Å². The van der Waals surface area contributed by atoms with Crippen LogP contribution in [-0.2, 0) is 6.54 Å². The van der Waals surface area contributed by atoms with Crippen LogP contribution in [0, 0.1) is 5.41 Å². The van der Waals surface area contributed by atoms with Crippen LogP contribution in [0.3, 0.4) is 0 Å². The Hall–Kier alpha value is -0.830. The summed E-state index contributed by atoms with van der Waals surface area (Å²) in [6.07, 6.45) is 10.4. The van der Waals surface area contributed by atoms with Crippen molar-refractivity contribution in [3.8, 4) is 0 Å². The Bertz CT molecular complexity index is 295. The number of oxazole rings is 1. The number of nitrogens with one attached hydrogen (secondary N) is 1. The van der Waals surface area contributed by atoms with Crippen molar-refractivity contribution in [2.45, 2.75) is 44.7 Å². The summed E-state index contributed by atoms with van der Waals surface area (Å²) in [7, 11) is 0. The normalized spacial score (nSPS) is 24.6. The molecule has 1 spiro atoms. The van der Waals surface area contributed by atoms with Gasteiger partial charge in [0.15, 0.2) is 6.39 Å². The lowest BCUT2D eigenvalue weighted by Gasteiger charge is -2.54. The minimum Gasteiger partial charge on any atom is -0.451 e. The molecule has 0 radical (unpaired) electrons. The fourth-order valence-corrected chi connectivity index (χ4v) is 2.79. The van der Waals surface area contributed by atoms with Crippen molar-refractivity contribution in [1.82, 2.24) is 10.3 Å². The second-order valence-corrected chi connectivity index (χ2v) is 4.82. The average molecular weight is 192 g/mol. The Labute approximate surface area is 83.9 Å². The molecule has 1 aromatic rings. The van der Waals surface area contributed by atoms with Crippen LogP contribution in [0.25, 0.3) is 0 Å². The Morgan fingerprint density at radius 3 is 2.93 bits per heavy atom. The van der Waals surface area contributed by atoms with Crippen LogP contribution in [-0.4, -0.2) is 11.0 Å². The van der Waals surface area contributed by atoms with Crippen molar-refractivity contribution in [1.29, 1.82) is 0 Å². The van der Waals surface area contributed by atoms with Crippen LogP contribution in [0.1, 0.15) is 37.8 Å². The highest BCUT2D eigenvalue weighted by Crippen LogP contribution is 2.55. The van der Waals surface area contributed by atoms with Gasteiger partial charge in [0, 0.05) is 12.6 Å². The van der Waals surface area contributed by atoms with Crippen LogP contribution >= 0.6 is 0 Å². The number of nitrogens with zero attached hydrogens (tertiary/aromatic N) is 1. The van der Waals surface area contributed by atoms with E-state index in [1.54, 1.807) is 6.26 Å². The molecule has 1 aromatic heterocycles. The molecule has 0 amide bonds. The number of hydrogen-bond acceptors (Lipinski definition) is 3. The molecule has 2 saturated carbocycles. The molecule has 1 N–H and O–H groups in total. The summed E-state index contributed by atoms with van der Waals surface area (Å²) in [5.41, 5.74) is 1.78. The molecule has 2 aliphatic rings. The van der Waals surface area contributed by atoms with Gasteiger partial charge in [0.25, 0.3) is 0 Å². The molecule has 0 aromatic carbocycles. The first-order valence-corrected chi connectivity index (χ1v) is 5.47. The van der Waals surface area contributed by atoms with E-state index in [2.05, 4.69) is 10.3 Å². The topological polar surface area (TPSA) is 38.1 Å². The highest BCUT2D eigenvalue weighted by molar-refractivity contribution is 5.03. The third-order valence-electron chi connectivity index (χ3n) is 3.83. The lowest BCUT2D eigenvalue weighted by molar-refractivity contribution is -0.00274. The smallest absolute Gasteiger partial charge is 0.180 e. The molecule has 2 aliphatic carbocycles. The third-order valence-corrected chi connectivity index (χ3v) is 3.83. The van der Waals surface area contributed by atoms with E-state index in [1.165, 1.54) is 38.5 Å². The quantitative estimate of drug-likeness (QED) is 0.797. The zero-order chi connectivity index (χ0) is 9.43. The van der Waals surface area contributed by atoms with E-state index < -0.39 is 0 Å². The zero-order valence-electron chi connectivity index (χ0n) is 8.33. The van der Waals surface area contributed by atoms with E-state index in [0.29, 0.717) is 0 Å². The summed E-state index contributed by atoms with van der Waals surface area (Å²) in [6.45, 7) is 0.858. The first-order chi connectivity index (χ1) is 6.86. The lowest BCUT2D eigenvalue weighted by Crippen LogP contribution is -2.51. The van der Waals surface area contributed by atoms with E-state index >= 15 is 0 Å². The standard InChI is InChI=1S/C11H16N2O/c1-2-11(3-1)4-9(5-11)12-6-10-7-14-8-13-10/h7-9,12H,1-6H2. The minimum atomic E-state index is 0.729. The fraction of sp³-hybridized carbons (Fsp3) is 0.727. The van der Waals surface area contributed by atoms with Gasteiger partial charge in [-0.05, 0) is 31.1 Å². The number of aromatic nitrogens is 1. The Morgan fingerprint density at radius 2 is 2.36 bits per heavy atom. The molecule has 3 rings (SSSR count). The highest BCUT2D eigenvalue weighted by atomic mass is 16.3. The monoisotopic (exact) mass is 192 g/mol. The van der Waals surface area contributed by atoms with Crippen molar-refractivity contribution < 1.29 is 4.42 Å². The summed E-state index contributed by atoms with van der Waals surface area (Å²) in [4.78, 5) is 4.09. The van der Waals surface area contributed by atoms with Crippen LogP contribution in [0.2, 0.25) is 0 Å². The fourth-order valence-electron chi connectivity index (χ4n) is 2.79. The van der Waals surface area contributed by atoms with Gasteiger partial charge in [-0.3, -0.25) is 0 Å². The molecule has 2 fully saturated rings. The average Bonchev–Trinajstić information content (AvgIpc) is 2.50. The molecular weight excluding hydrogens is 176 g/mol. The predicted octanol–water partition coefficient (Wildman–Crippen LogP) is 2.10. The van der Waals surface area contributed by atoms with Crippen LogP contribution < -0.4 is 5.32 Å².